The van der Waals surface area contributed by atoms with E-state index in [9.17, 15) is 18.4 Å². The van der Waals surface area contributed by atoms with E-state index in [1.807, 2.05) is 17.0 Å². The van der Waals surface area contributed by atoms with Gasteiger partial charge in [-0.3, -0.25) is 14.6 Å². The van der Waals surface area contributed by atoms with Crippen LogP contribution in [0, 0.1) is 5.92 Å². The van der Waals surface area contributed by atoms with Crippen LogP contribution in [0.2, 0.25) is 5.02 Å². The van der Waals surface area contributed by atoms with Gasteiger partial charge in [-0.05, 0) is 75.2 Å². The SMILES string of the molecule is O=C(N[C@H]1CC[C@H](CN2C(=O)C3(CCNCC3)c3ccccc32)CC1)c1cc(Cl)cnc1C(F)F. The van der Waals surface area contributed by atoms with Crippen molar-refractivity contribution in [3.63, 3.8) is 0 Å². The number of fused-ring (bicyclic) bond motifs is 2. The molecule has 0 atom stereocenters. The lowest BCUT2D eigenvalue weighted by Gasteiger charge is -2.35. The summed E-state index contributed by atoms with van der Waals surface area (Å²) in [4.78, 5) is 32.0. The predicted molar refractivity (Wildman–Crippen MR) is 130 cm³/mol. The Hall–Kier alpha value is -2.58. The fourth-order valence-corrected chi connectivity index (χ4v) is 6.09. The number of pyridine rings is 1. The molecule has 0 bridgehead atoms. The summed E-state index contributed by atoms with van der Waals surface area (Å²) in [5.41, 5.74) is 1.03. The van der Waals surface area contributed by atoms with Crippen molar-refractivity contribution in [1.82, 2.24) is 15.6 Å². The van der Waals surface area contributed by atoms with Crippen LogP contribution in [0.5, 0.6) is 0 Å². The standard InChI is InChI=1S/C26H29ClF2N4O2/c27-17-13-19(22(23(28)29)31-14-17)24(34)32-18-7-5-16(6-8-18)15-33-21-4-2-1-3-20(21)26(25(33)35)9-11-30-12-10-26/h1-4,13-14,16,18,23,30H,5-12,15H2,(H,32,34)/t16-,18-. The van der Waals surface area contributed by atoms with Crippen molar-refractivity contribution in [2.75, 3.05) is 24.5 Å². The van der Waals surface area contributed by atoms with E-state index in [0.29, 0.717) is 12.5 Å². The van der Waals surface area contributed by atoms with E-state index in [0.717, 1.165) is 69.1 Å². The Balaban J connectivity index is 1.22. The van der Waals surface area contributed by atoms with E-state index < -0.39 is 23.4 Å². The number of piperidine rings is 1. The number of halogens is 3. The Bertz CT molecular complexity index is 1110. The number of nitrogens with zero attached hydrogens (tertiary/aromatic N) is 2. The van der Waals surface area contributed by atoms with E-state index >= 15 is 0 Å². The molecule has 1 aliphatic carbocycles. The fourth-order valence-electron chi connectivity index (χ4n) is 5.93. The second-order valence-electron chi connectivity index (χ2n) is 9.84. The smallest absolute Gasteiger partial charge is 0.281 e. The summed E-state index contributed by atoms with van der Waals surface area (Å²) in [6.07, 6.45) is 3.06. The van der Waals surface area contributed by atoms with Gasteiger partial charge in [0.15, 0.2) is 0 Å². The second-order valence-corrected chi connectivity index (χ2v) is 10.3. The number of nitrogens with one attached hydrogen (secondary N) is 2. The van der Waals surface area contributed by atoms with Crippen molar-refractivity contribution in [2.24, 2.45) is 5.92 Å². The number of hydrogen-bond donors (Lipinski definition) is 2. The largest absolute Gasteiger partial charge is 0.349 e. The molecule has 1 spiro atoms. The third kappa shape index (κ3) is 4.54. The molecular weight excluding hydrogens is 474 g/mol. The molecule has 3 aliphatic rings. The first-order chi connectivity index (χ1) is 16.9. The number of para-hydroxylation sites is 1. The third-order valence-electron chi connectivity index (χ3n) is 7.78. The number of carbonyl (C=O) groups excluding carboxylic acids is 2. The summed E-state index contributed by atoms with van der Waals surface area (Å²) < 4.78 is 26.6. The number of benzene rings is 1. The van der Waals surface area contributed by atoms with Crippen molar-refractivity contribution >= 4 is 29.1 Å². The van der Waals surface area contributed by atoms with Crippen LogP contribution in [0.1, 0.15) is 66.6 Å². The van der Waals surface area contributed by atoms with Crippen LogP contribution >= 0.6 is 11.6 Å². The van der Waals surface area contributed by atoms with Gasteiger partial charge in [0.25, 0.3) is 12.3 Å². The van der Waals surface area contributed by atoms with Crippen LogP contribution in [0.4, 0.5) is 14.5 Å². The molecule has 35 heavy (non-hydrogen) atoms. The van der Waals surface area contributed by atoms with Crippen LogP contribution < -0.4 is 15.5 Å². The topological polar surface area (TPSA) is 74.3 Å². The highest BCUT2D eigenvalue weighted by atomic mass is 35.5. The third-order valence-corrected chi connectivity index (χ3v) is 7.99. The molecule has 1 aromatic heterocycles. The molecule has 5 rings (SSSR count). The maximum absolute atomic E-state index is 13.7. The predicted octanol–water partition coefficient (Wildman–Crippen LogP) is 4.63. The van der Waals surface area contributed by atoms with Gasteiger partial charge in [-0.25, -0.2) is 8.78 Å². The lowest BCUT2D eigenvalue weighted by atomic mass is 9.74. The number of anilines is 1. The normalized spacial score (nSPS) is 23.5. The second kappa shape index (κ2) is 9.82. The molecule has 6 nitrogen and oxygen atoms in total. The van der Waals surface area contributed by atoms with Gasteiger partial charge in [0.1, 0.15) is 5.69 Å². The van der Waals surface area contributed by atoms with Gasteiger partial charge < -0.3 is 15.5 Å². The molecular formula is C26H29ClF2N4O2. The Morgan fingerprint density at radius 1 is 1.20 bits per heavy atom. The monoisotopic (exact) mass is 502 g/mol. The van der Waals surface area contributed by atoms with Crippen LogP contribution in [0.25, 0.3) is 0 Å². The minimum absolute atomic E-state index is 0.111. The maximum Gasteiger partial charge on any atom is 0.281 e. The summed E-state index contributed by atoms with van der Waals surface area (Å²) in [6.45, 7) is 2.35. The highest BCUT2D eigenvalue weighted by molar-refractivity contribution is 6.30. The Kier molecular flexibility index (Phi) is 6.77. The quantitative estimate of drug-likeness (QED) is 0.625. The highest BCUT2D eigenvalue weighted by Gasteiger charge is 2.51. The van der Waals surface area contributed by atoms with E-state index in [-0.39, 0.29) is 22.5 Å². The van der Waals surface area contributed by atoms with Crippen molar-refractivity contribution in [1.29, 1.82) is 0 Å². The van der Waals surface area contributed by atoms with Gasteiger partial charge in [-0.15, -0.1) is 0 Å². The number of hydrogen-bond acceptors (Lipinski definition) is 4. The van der Waals surface area contributed by atoms with E-state index in [4.69, 9.17) is 11.6 Å². The molecule has 0 unspecified atom stereocenters. The zero-order valence-electron chi connectivity index (χ0n) is 19.4. The summed E-state index contributed by atoms with van der Waals surface area (Å²) >= 11 is 5.89. The van der Waals surface area contributed by atoms with Gasteiger partial charge in [-0.2, -0.15) is 0 Å². The minimum Gasteiger partial charge on any atom is -0.349 e. The van der Waals surface area contributed by atoms with E-state index in [1.54, 1.807) is 0 Å². The van der Waals surface area contributed by atoms with E-state index in [2.05, 4.69) is 27.8 Å². The Morgan fingerprint density at radius 2 is 1.91 bits per heavy atom. The molecule has 1 saturated carbocycles. The lowest BCUT2D eigenvalue weighted by molar-refractivity contribution is -0.124. The molecule has 1 aromatic carbocycles. The molecule has 186 valence electrons. The van der Waals surface area contributed by atoms with Gasteiger partial charge in [0, 0.05) is 24.5 Å². The van der Waals surface area contributed by atoms with E-state index in [1.165, 1.54) is 6.07 Å². The Morgan fingerprint density at radius 3 is 2.63 bits per heavy atom. The molecule has 2 aromatic rings. The number of rotatable bonds is 5. The van der Waals surface area contributed by atoms with Crippen molar-refractivity contribution in [3.8, 4) is 0 Å². The first kappa shape index (κ1) is 24.1. The molecule has 2 aliphatic heterocycles. The van der Waals surface area contributed by atoms with Crippen LogP contribution in [0.3, 0.4) is 0 Å². The average molecular weight is 503 g/mol. The molecule has 2 N–H and O–H groups in total. The zero-order chi connectivity index (χ0) is 24.6. The first-order valence-corrected chi connectivity index (χ1v) is 12.6. The molecule has 1 saturated heterocycles. The molecule has 2 amide bonds. The first-order valence-electron chi connectivity index (χ1n) is 12.3. The van der Waals surface area contributed by atoms with Gasteiger partial charge in [0.05, 0.1) is 16.0 Å². The van der Waals surface area contributed by atoms with Crippen LogP contribution in [-0.4, -0.2) is 42.5 Å². The summed E-state index contributed by atoms with van der Waals surface area (Å²) in [6, 6.07) is 9.29. The average Bonchev–Trinajstić information content (AvgIpc) is 3.08. The summed E-state index contributed by atoms with van der Waals surface area (Å²) in [5.74, 6) is -0.0413. The van der Waals surface area contributed by atoms with Crippen LogP contribution in [-0.2, 0) is 10.2 Å². The number of carbonyl (C=O) groups is 2. The maximum atomic E-state index is 13.7. The molecule has 0 radical (unpaired) electrons. The summed E-state index contributed by atoms with van der Waals surface area (Å²) in [5, 5.41) is 6.40. The lowest BCUT2D eigenvalue weighted by Crippen LogP contribution is -2.48. The number of aromatic nitrogens is 1. The van der Waals surface area contributed by atoms with Crippen molar-refractivity contribution in [2.45, 2.75) is 56.4 Å². The van der Waals surface area contributed by atoms with Crippen molar-refractivity contribution < 1.29 is 18.4 Å². The zero-order valence-corrected chi connectivity index (χ0v) is 20.2. The van der Waals surface area contributed by atoms with Gasteiger partial charge >= 0.3 is 0 Å². The fraction of sp³-hybridized carbons (Fsp3) is 0.500. The minimum atomic E-state index is -2.85. The molecule has 3 heterocycles. The Labute approximate surface area is 208 Å². The highest BCUT2D eigenvalue weighted by Crippen LogP contribution is 2.47. The van der Waals surface area contributed by atoms with Gasteiger partial charge in [0.2, 0.25) is 5.91 Å². The number of alkyl halides is 2. The summed E-state index contributed by atoms with van der Waals surface area (Å²) in [7, 11) is 0. The van der Waals surface area contributed by atoms with Gasteiger partial charge in [-0.1, -0.05) is 29.8 Å². The van der Waals surface area contributed by atoms with Crippen LogP contribution in [0.15, 0.2) is 36.5 Å². The molecule has 9 heteroatoms. The number of amides is 2. The van der Waals surface area contributed by atoms with Crippen molar-refractivity contribution in [3.05, 3.63) is 58.4 Å². The molecule has 2 fully saturated rings.